The van der Waals surface area contributed by atoms with E-state index in [0.29, 0.717) is 17.9 Å². The molecule has 32 heavy (non-hydrogen) atoms. The number of hydrazone groups is 1. The Balaban J connectivity index is 1.78. The molecule has 0 aromatic heterocycles. The molecular formula is C24H27FN4O2S. The minimum atomic E-state index is -0.339. The largest absolute Gasteiger partial charge is 0.409 e. The number of hydrogen-bond donors (Lipinski definition) is 2. The SMILES string of the molecule is CC(C)C1SC(=O)NN=C1c1ccc2c(c1)C(C)(C)CCN2C(=NO)c1ccc(F)cc1. The number of oxime groups is 1. The van der Waals surface area contributed by atoms with E-state index in [-0.39, 0.29) is 27.6 Å². The van der Waals surface area contributed by atoms with E-state index in [1.807, 2.05) is 17.0 Å². The fourth-order valence-electron chi connectivity index (χ4n) is 4.25. The zero-order chi connectivity index (χ0) is 23.0. The standard InChI is InChI=1S/C24H27FN4O2S/c1-14(2)21-20(26-27-23(30)32-21)16-7-10-19-18(13-16)24(3,4)11-12-29(19)22(28-31)15-5-8-17(25)9-6-15/h5-10,13-14,21,31H,11-12H2,1-4H3,(H,27,30). The minimum absolute atomic E-state index is 0.0293. The van der Waals surface area contributed by atoms with Gasteiger partial charge in [-0.1, -0.05) is 50.7 Å². The average molecular weight is 455 g/mol. The Morgan fingerprint density at radius 2 is 2.00 bits per heavy atom. The molecule has 4 rings (SSSR count). The molecule has 0 aliphatic carbocycles. The number of rotatable bonds is 3. The molecule has 1 amide bonds. The Hall–Kier alpha value is -2.87. The van der Waals surface area contributed by atoms with Gasteiger partial charge in [0, 0.05) is 17.8 Å². The Morgan fingerprint density at radius 1 is 1.28 bits per heavy atom. The maximum Gasteiger partial charge on any atom is 0.299 e. The monoisotopic (exact) mass is 454 g/mol. The fraction of sp³-hybridized carbons (Fsp3) is 0.375. The van der Waals surface area contributed by atoms with Gasteiger partial charge >= 0.3 is 0 Å². The molecule has 1 atom stereocenters. The lowest BCUT2D eigenvalue weighted by Gasteiger charge is -2.40. The van der Waals surface area contributed by atoms with E-state index in [2.05, 4.69) is 49.4 Å². The van der Waals surface area contributed by atoms with Gasteiger partial charge in [0.15, 0.2) is 5.84 Å². The zero-order valence-corrected chi connectivity index (χ0v) is 19.4. The summed E-state index contributed by atoms with van der Waals surface area (Å²) in [6, 6.07) is 12.1. The highest BCUT2D eigenvalue weighted by molar-refractivity contribution is 8.14. The summed E-state index contributed by atoms with van der Waals surface area (Å²) in [5, 5.41) is 17.6. The number of amidine groups is 1. The van der Waals surface area contributed by atoms with Gasteiger partial charge in [0.25, 0.3) is 5.24 Å². The highest BCUT2D eigenvalue weighted by Gasteiger charge is 2.36. The molecule has 0 radical (unpaired) electrons. The maximum atomic E-state index is 13.4. The molecular weight excluding hydrogens is 427 g/mol. The number of halogens is 1. The molecule has 0 fully saturated rings. The summed E-state index contributed by atoms with van der Waals surface area (Å²) in [5.41, 5.74) is 7.00. The van der Waals surface area contributed by atoms with Crippen LogP contribution in [0.25, 0.3) is 0 Å². The number of hydrogen-bond acceptors (Lipinski definition) is 5. The Labute approximate surface area is 191 Å². The molecule has 2 heterocycles. The third kappa shape index (κ3) is 4.11. The molecule has 2 N–H and O–H groups in total. The quantitative estimate of drug-likeness (QED) is 0.284. The second-order valence-corrected chi connectivity index (χ2v) is 10.2. The molecule has 0 saturated heterocycles. The van der Waals surface area contributed by atoms with Gasteiger partial charge < -0.3 is 10.1 Å². The van der Waals surface area contributed by atoms with Crippen LogP contribution in [-0.2, 0) is 5.41 Å². The molecule has 2 aliphatic rings. The summed E-state index contributed by atoms with van der Waals surface area (Å²) in [6.07, 6.45) is 0.842. The van der Waals surface area contributed by atoms with Crippen LogP contribution in [0, 0.1) is 11.7 Å². The Morgan fingerprint density at radius 3 is 2.66 bits per heavy atom. The number of nitrogens with one attached hydrogen (secondary N) is 1. The maximum absolute atomic E-state index is 13.4. The first-order valence-electron chi connectivity index (χ1n) is 10.7. The number of carbonyl (C=O) groups is 1. The van der Waals surface area contributed by atoms with Crippen LogP contribution in [0.15, 0.2) is 52.7 Å². The van der Waals surface area contributed by atoms with Crippen molar-refractivity contribution < 1.29 is 14.4 Å². The van der Waals surface area contributed by atoms with Crippen molar-refractivity contribution in [1.82, 2.24) is 5.43 Å². The van der Waals surface area contributed by atoms with Crippen LogP contribution in [-0.4, -0.2) is 33.8 Å². The van der Waals surface area contributed by atoms with Crippen LogP contribution in [0.2, 0.25) is 0 Å². The number of carbonyl (C=O) groups excluding carboxylic acids is 1. The van der Waals surface area contributed by atoms with Gasteiger partial charge in [0.05, 0.1) is 11.0 Å². The molecule has 6 nitrogen and oxygen atoms in total. The molecule has 2 aromatic rings. The topological polar surface area (TPSA) is 77.3 Å². The number of fused-ring (bicyclic) bond motifs is 1. The van der Waals surface area contributed by atoms with Crippen molar-refractivity contribution in [3.63, 3.8) is 0 Å². The summed E-state index contributed by atoms with van der Waals surface area (Å²) in [5.74, 6) is 0.290. The average Bonchev–Trinajstić information content (AvgIpc) is 2.76. The number of benzene rings is 2. The lowest BCUT2D eigenvalue weighted by atomic mass is 9.76. The van der Waals surface area contributed by atoms with Crippen LogP contribution >= 0.6 is 11.8 Å². The van der Waals surface area contributed by atoms with Gasteiger partial charge in [-0.3, -0.25) is 4.79 Å². The van der Waals surface area contributed by atoms with Gasteiger partial charge in [-0.05, 0) is 65.3 Å². The van der Waals surface area contributed by atoms with Gasteiger partial charge in [-0.25, -0.2) is 9.82 Å². The second kappa shape index (κ2) is 8.58. The number of thioether (sulfide) groups is 1. The molecule has 2 aliphatic heterocycles. The molecule has 8 heteroatoms. The van der Waals surface area contributed by atoms with Crippen molar-refractivity contribution in [3.05, 3.63) is 65.0 Å². The van der Waals surface area contributed by atoms with E-state index in [9.17, 15) is 14.4 Å². The third-order valence-electron chi connectivity index (χ3n) is 6.10. The van der Waals surface area contributed by atoms with E-state index in [1.165, 1.54) is 23.9 Å². The highest BCUT2D eigenvalue weighted by atomic mass is 32.2. The zero-order valence-electron chi connectivity index (χ0n) is 18.6. The molecule has 168 valence electrons. The molecule has 0 spiro atoms. The van der Waals surface area contributed by atoms with Crippen molar-refractivity contribution in [3.8, 4) is 0 Å². The van der Waals surface area contributed by atoms with E-state index in [4.69, 9.17) is 0 Å². The summed E-state index contributed by atoms with van der Waals surface area (Å²) >= 11 is 1.27. The van der Waals surface area contributed by atoms with Crippen LogP contribution < -0.4 is 10.3 Å². The van der Waals surface area contributed by atoms with E-state index >= 15 is 0 Å². The third-order valence-corrected chi connectivity index (χ3v) is 7.43. The molecule has 0 saturated carbocycles. The smallest absolute Gasteiger partial charge is 0.299 e. The van der Waals surface area contributed by atoms with Crippen molar-refractivity contribution in [1.29, 1.82) is 0 Å². The summed E-state index contributed by atoms with van der Waals surface area (Å²) in [7, 11) is 0. The van der Waals surface area contributed by atoms with Crippen molar-refractivity contribution in [2.75, 3.05) is 11.4 Å². The summed E-state index contributed by atoms with van der Waals surface area (Å²) in [4.78, 5) is 13.8. The van der Waals surface area contributed by atoms with Crippen molar-refractivity contribution in [2.24, 2.45) is 16.2 Å². The predicted octanol–water partition coefficient (Wildman–Crippen LogP) is 5.33. The number of anilines is 1. The second-order valence-electron chi connectivity index (χ2n) is 9.13. The lowest BCUT2D eigenvalue weighted by molar-refractivity contribution is 0.260. The van der Waals surface area contributed by atoms with E-state index < -0.39 is 0 Å². The van der Waals surface area contributed by atoms with Crippen LogP contribution in [0.1, 0.15) is 50.8 Å². The van der Waals surface area contributed by atoms with Gasteiger partial charge in [0.1, 0.15) is 5.82 Å². The van der Waals surface area contributed by atoms with Crippen molar-refractivity contribution in [2.45, 2.75) is 44.8 Å². The molecule has 1 unspecified atom stereocenters. The van der Waals surface area contributed by atoms with Gasteiger partial charge in [0.2, 0.25) is 0 Å². The van der Waals surface area contributed by atoms with Crippen molar-refractivity contribution >= 4 is 34.2 Å². The van der Waals surface area contributed by atoms with E-state index in [0.717, 1.165) is 28.9 Å². The summed E-state index contributed by atoms with van der Waals surface area (Å²) in [6.45, 7) is 9.22. The van der Waals surface area contributed by atoms with Gasteiger partial charge in [-0.2, -0.15) is 5.10 Å². The predicted molar refractivity (Wildman–Crippen MR) is 127 cm³/mol. The summed E-state index contributed by atoms with van der Waals surface area (Å²) < 4.78 is 13.4. The van der Waals surface area contributed by atoms with Crippen LogP contribution in [0.5, 0.6) is 0 Å². The van der Waals surface area contributed by atoms with Crippen LogP contribution in [0.4, 0.5) is 14.9 Å². The number of amides is 1. The Kier molecular flexibility index (Phi) is 5.99. The molecule has 0 bridgehead atoms. The van der Waals surface area contributed by atoms with Gasteiger partial charge in [-0.15, -0.1) is 0 Å². The first kappa shape index (κ1) is 22.3. The fourth-order valence-corrected chi connectivity index (χ4v) is 5.15. The first-order valence-corrected chi connectivity index (χ1v) is 11.5. The highest BCUT2D eigenvalue weighted by Crippen LogP contribution is 2.41. The lowest BCUT2D eigenvalue weighted by Crippen LogP contribution is -2.42. The van der Waals surface area contributed by atoms with Crippen LogP contribution in [0.3, 0.4) is 0 Å². The normalized spacial score (nSPS) is 20.6. The number of nitrogens with zero attached hydrogens (tertiary/aromatic N) is 3. The van der Waals surface area contributed by atoms with E-state index in [1.54, 1.807) is 12.1 Å². The first-order chi connectivity index (χ1) is 15.2. The minimum Gasteiger partial charge on any atom is -0.409 e. The Bertz CT molecular complexity index is 1100. The molecule has 2 aromatic carbocycles.